The molecule has 1 rings (SSSR count). The van der Waals surface area contributed by atoms with Crippen LogP contribution >= 0.6 is 0 Å². The Bertz CT molecular complexity index is 785. The van der Waals surface area contributed by atoms with E-state index in [2.05, 4.69) is 25.0 Å². The van der Waals surface area contributed by atoms with Gasteiger partial charge in [0.15, 0.2) is 6.10 Å². The summed E-state index contributed by atoms with van der Waals surface area (Å²) in [4.78, 5) is 11.4. The fourth-order valence-corrected chi connectivity index (χ4v) is 3.44. The maximum atomic E-state index is 12.8. The highest BCUT2D eigenvalue weighted by Crippen LogP contribution is 2.16. The van der Waals surface area contributed by atoms with E-state index in [4.69, 9.17) is 4.74 Å². The zero-order valence-electron chi connectivity index (χ0n) is 15.3. The predicted molar refractivity (Wildman–Crippen MR) is 103 cm³/mol. The molecule has 0 aliphatic rings. The first-order valence-corrected chi connectivity index (χ1v) is 9.69. The number of aryl methyl sites for hydroxylation is 1. The Morgan fingerprint density at radius 2 is 1.92 bits per heavy atom. The summed E-state index contributed by atoms with van der Waals surface area (Å²) in [6.45, 7) is 10.6. The van der Waals surface area contributed by atoms with Gasteiger partial charge in [0, 0.05) is 13.5 Å². The van der Waals surface area contributed by atoms with Gasteiger partial charge in [-0.1, -0.05) is 41.7 Å². The second kappa shape index (κ2) is 10.6. The molecule has 0 aromatic heterocycles. The molecule has 0 aliphatic carbocycles. The van der Waals surface area contributed by atoms with Crippen LogP contribution < -0.4 is 0 Å². The Morgan fingerprint density at radius 3 is 2.46 bits per heavy atom. The van der Waals surface area contributed by atoms with E-state index in [9.17, 15) is 13.2 Å². The first kappa shape index (κ1) is 21.7. The predicted octanol–water partition coefficient (Wildman–Crippen LogP) is 3.07. The number of ether oxygens (including phenoxy) is 1. The summed E-state index contributed by atoms with van der Waals surface area (Å²) in [5.41, 5.74) is 0.977. The van der Waals surface area contributed by atoms with Gasteiger partial charge in [-0.3, -0.25) is 4.79 Å². The molecule has 26 heavy (non-hydrogen) atoms. The number of benzene rings is 1. The molecule has 6 heteroatoms. The molecule has 0 fully saturated rings. The van der Waals surface area contributed by atoms with E-state index in [1.54, 1.807) is 30.3 Å². The molecular formula is C20H25NO4S. The standard InChI is InChI=1S/C20H25NO4S/c1-5-7-9-19(25-18(4)22)10-8-16-21(15-6-2)26(23,24)20-13-11-17(3)12-14-20/h5-6,11-14,19H,1-2,7,9,15-16H2,3-4H3. The minimum Gasteiger partial charge on any atom is -0.449 e. The molecule has 0 saturated heterocycles. The van der Waals surface area contributed by atoms with Crippen LogP contribution in [0.15, 0.2) is 54.5 Å². The average Bonchev–Trinajstić information content (AvgIpc) is 2.58. The zero-order valence-corrected chi connectivity index (χ0v) is 16.1. The molecule has 0 saturated carbocycles. The minimum absolute atomic E-state index is 0.0198. The van der Waals surface area contributed by atoms with E-state index in [0.717, 1.165) is 5.56 Å². The first-order valence-electron chi connectivity index (χ1n) is 8.25. The van der Waals surface area contributed by atoms with Gasteiger partial charge >= 0.3 is 5.97 Å². The quantitative estimate of drug-likeness (QED) is 0.378. The van der Waals surface area contributed by atoms with Gasteiger partial charge in [-0.05, 0) is 31.9 Å². The number of rotatable bonds is 9. The number of carbonyl (C=O) groups excluding carboxylic acids is 1. The maximum Gasteiger partial charge on any atom is 0.303 e. The van der Waals surface area contributed by atoms with E-state index in [1.165, 1.54) is 17.3 Å². The Labute approximate surface area is 156 Å². The van der Waals surface area contributed by atoms with Crippen LogP contribution in [0.5, 0.6) is 0 Å². The van der Waals surface area contributed by atoms with Crippen LogP contribution in [-0.4, -0.2) is 37.9 Å². The topological polar surface area (TPSA) is 63.7 Å². The smallest absolute Gasteiger partial charge is 0.303 e. The number of esters is 1. The largest absolute Gasteiger partial charge is 0.449 e. The van der Waals surface area contributed by atoms with Gasteiger partial charge < -0.3 is 4.74 Å². The summed E-state index contributed by atoms with van der Waals surface area (Å²) in [5.74, 6) is 5.21. The van der Waals surface area contributed by atoms with Crippen molar-refractivity contribution in [2.45, 2.75) is 37.7 Å². The number of hydrogen-bond acceptors (Lipinski definition) is 4. The fourth-order valence-electron chi connectivity index (χ4n) is 2.13. The van der Waals surface area contributed by atoms with Crippen molar-refractivity contribution in [2.75, 3.05) is 13.1 Å². The molecule has 5 nitrogen and oxygen atoms in total. The highest BCUT2D eigenvalue weighted by molar-refractivity contribution is 7.89. The molecule has 1 atom stereocenters. The number of hydrogen-bond donors (Lipinski definition) is 0. The molecule has 0 amide bonds. The molecule has 140 valence electrons. The van der Waals surface area contributed by atoms with Crippen molar-refractivity contribution in [3.8, 4) is 11.8 Å². The minimum atomic E-state index is -3.68. The summed E-state index contributed by atoms with van der Waals surface area (Å²) in [7, 11) is -3.68. The number of carbonyl (C=O) groups is 1. The van der Waals surface area contributed by atoms with Gasteiger partial charge in [-0.25, -0.2) is 8.42 Å². The molecule has 0 radical (unpaired) electrons. The van der Waals surface area contributed by atoms with Crippen LogP contribution in [0.3, 0.4) is 0 Å². The molecule has 0 spiro atoms. The van der Waals surface area contributed by atoms with Gasteiger partial charge in [0.25, 0.3) is 0 Å². The summed E-state index contributed by atoms with van der Waals surface area (Å²) >= 11 is 0. The summed E-state index contributed by atoms with van der Waals surface area (Å²) in [6, 6.07) is 6.63. The third-order valence-corrected chi connectivity index (χ3v) is 5.28. The Kier molecular flexibility index (Phi) is 8.83. The van der Waals surface area contributed by atoms with Crippen molar-refractivity contribution in [3.05, 3.63) is 55.1 Å². The highest BCUT2D eigenvalue weighted by atomic mass is 32.2. The highest BCUT2D eigenvalue weighted by Gasteiger charge is 2.22. The molecule has 1 aromatic carbocycles. The van der Waals surface area contributed by atoms with E-state index >= 15 is 0 Å². The SMILES string of the molecule is C=CCCC(C#CCN(CC=C)S(=O)(=O)c1ccc(C)cc1)OC(C)=O. The van der Waals surface area contributed by atoms with E-state index in [-0.39, 0.29) is 18.0 Å². The summed E-state index contributed by atoms with van der Waals surface area (Å²) in [5, 5.41) is 0. The fraction of sp³-hybridized carbons (Fsp3) is 0.350. The second-order valence-electron chi connectivity index (χ2n) is 5.68. The first-order chi connectivity index (χ1) is 12.3. The Balaban J connectivity index is 2.97. The van der Waals surface area contributed by atoms with Crippen molar-refractivity contribution in [3.63, 3.8) is 0 Å². The van der Waals surface area contributed by atoms with Gasteiger partial charge in [-0.15, -0.1) is 13.2 Å². The zero-order chi connectivity index (χ0) is 19.6. The normalized spacial score (nSPS) is 12.0. The number of nitrogens with zero attached hydrogens (tertiary/aromatic N) is 1. The van der Waals surface area contributed by atoms with E-state index in [0.29, 0.717) is 12.8 Å². The van der Waals surface area contributed by atoms with E-state index < -0.39 is 22.1 Å². The van der Waals surface area contributed by atoms with Crippen LogP contribution in [0.1, 0.15) is 25.3 Å². The van der Waals surface area contributed by atoms with Crippen molar-refractivity contribution < 1.29 is 17.9 Å². The van der Waals surface area contributed by atoms with Crippen molar-refractivity contribution in [1.82, 2.24) is 4.31 Å². The van der Waals surface area contributed by atoms with Crippen LogP contribution in [0.2, 0.25) is 0 Å². The monoisotopic (exact) mass is 375 g/mol. The Hall–Kier alpha value is -2.36. The van der Waals surface area contributed by atoms with Gasteiger partial charge in [-0.2, -0.15) is 4.31 Å². The van der Waals surface area contributed by atoms with Crippen molar-refractivity contribution in [1.29, 1.82) is 0 Å². The average molecular weight is 375 g/mol. The molecule has 0 bridgehead atoms. The molecule has 1 aromatic rings. The van der Waals surface area contributed by atoms with Crippen LogP contribution in [-0.2, 0) is 19.6 Å². The molecule has 0 N–H and O–H groups in total. The van der Waals surface area contributed by atoms with Gasteiger partial charge in [0.05, 0.1) is 11.4 Å². The van der Waals surface area contributed by atoms with Crippen molar-refractivity contribution in [2.24, 2.45) is 0 Å². The lowest BCUT2D eigenvalue weighted by Crippen LogP contribution is -2.31. The summed E-state index contributed by atoms with van der Waals surface area (Å²) in [6.07, 6.45) is 3.80. The van der Waals surface area contributed by atoms with Gasteiger partial charge in [0.1, 0.15) is 0 Å². The lowest BCUT2D eigenvalue weighted by Gasteiger charge is -2.18. The van der Waals surface area contributed by atoms with Crippen LogP contribution in [0.4, 0.5) is 0 Å². The third-order valence-electron chi connectivity index (χ3n) is 3.45. The van der Waals surface area contributed by atoms with Crippen LogP contribution in [0.25, 0.3) is 0 Å². The molecule has 1 unspecified atom stereocenters. The molecular weight excluding hydrogens is 350 g/mol. The lowest BCUT2D eigenvalue weighted by molar-refractivity contribution is -0.143. The molecule has 0 heterocycles. The maximum absolute atomic E-state index is 12.8. The van der Waals surface area contributed by atoms with E-state index in [1.807, 2.05) is 6.92 Å². The lowest BCUT2D eigenvalue weighted by atomic mass is 10.2. The second-order valence-corrected chi connectivity index (χ2v) is 7.62. The summed E-state index contributed by atoms with van der Waals surface area (Å²) < 4.78 is 31.9. The molecule has 0 aliphatic heterocycles. The van der Waals surface area contributed by atoms with Crippen molar-refractivity contribution >= 4 is 16.0 Å². The number of sulfonamides is 1. The number of allylic oxidation sites excluding steroid dienone is 1. The Morgan fingerprint density at radius 1 is 1.27 bits per heavy atom. The van der Waals surface area contributed by atoms with Gasteiger partial charge in [0.2, 0.25) is 10.0 Å². The third kappa shape index (κ3) is 6.87. The van der Waals surface area contributed by atoms with Crippen LogP contribution in [0, 0.1) is 18.8 Å².